The summed E-state index contributed by atoms with van der Waals surface area (Å²) in [6, 6.07) is 3.60. The van der Waals surface area contributed by atoms with E-state index in [9.17, 15) is 8.42 Å². The average molecular weight is 302 g/mol. The molecule has 0 radical (unpaired) electrons. The molecule has 7 heteroatoms. The zero-order chi connectivity index (χ0) is 12.2. The van der Waals surface area contributed by atoms with Crippen LogP contribution in [0.1, 0.15) is 11.3 Å². The van der Waals surface area contributed by atoms with Gasteiger partial charge in [-0.25, -0.2) is 8.42 Å². The van der Waals surface area contributed by atoms with E-state index in [1.165, 1.54) is 15.6 Å². The Morgan fingerprint density at radius 1 is 1.44 bits per heavy atom. The predicted octanol–water partition coefficient (Wildman–Crippen LogP) is 2.79. The Bertz CT molecular complexity index is 430. The summed E-state index contributed by atoms with van der Waals surface area (Å²) < 4.78 is 25.5. The quantitative estimate of drug-likeness (QED) is 0.758. The SMILES string of the molecule is CN(Cc1ccc(Cl)s1)S(=O)(=O)CCCCl. The topological polar surface area (TPSA) is 37.4 Å². The first kappa shape index (κ1) is 14.3. The van der Waals surface area contributed by atoms with Gasteiger partial charge in [0.25, 0.3) is 0 Å². The molecule has 3 nitrogen and oxygen atoms in total. The number of thiophene rings is 1. The molecule has 0 unspecified atom stereocenters. The standard InChI is InChI=1S/C9H13Cl2NO2S2/c1-12(16(13,14)6-2-5-10)7-8-3-4-9(11)15-8/h3-4H,2,5-7H2,1H3. The summed E-state index contributed by atoms with van der Waals surface area (Å²) in [6.07, 6.45) is 0.472. The van der Waals surface area contributed by atoms with Gasteiger partial charge in [-0.15, -0.1) is 22.9 Å². The number of alkyl halides is 1. The molecule has 0 aromatic carbocycles. The van der Waals surface area contributed by atoms with Gasteiger partial charge < -0.3 is 0 Å². The fraction of sp³-hybridized carbons (Fsp3) is 0.556. The van der Waals surface area contributed by atoms with Crippen molar-refractivity contribution < 1.29 is 8.42 Å². The van der Waals surface area contributed by atoms with Crippen LogP contribution < -0.4 is 0 Å². The first-order valence-electron chi connectivity index (χ1n) is 4.70. The fourth-order valence-corrected chi connectivity index (χ4v) is 3.82. The monoisotopic (exact) mass is 301 g/mol. The van der Waals surface area contributed by atoms with E-state index in [1.807, 2.05) is 6.07 Å². The molecule has 0 saturated carbocycles. The highest BCUT2D eigenvalue weighted by atomic mass is 35.5. The van der Waals surface area contributed by atoms with E-state index < -0.39 is 10.0 Å². The molecule has 1 heterocycles. The Hall–Kier alpha value is 0.190. The van der Waals surface area contributed by atoms with Crippen LogP contribution >= 0.6 is 34.5 Å². The van der Waals surface area contributed by atoms with Gasteiger partial charge in [0.1, 0.15) is 0 Å². The van der Waals surface area contributed by atoms with Gasteiger partial charge in [-0.1, -0.05) is 11.6 Å². The van der Waals surface area contributed by atoms with Crippen LogP contribution in [0.25, 0.3) is 0 Å². The van der Waals surface area contributed by atoms with Crippen molar-refractivity contribution in [3.8, 4) is 0 Å². The molecule has 0 bridgehead atoms. The van der Waals surface area contributed by atoms with Crippen LogP contribution in [0.2, 0.25) is 4.34 Å². The van der Waals surface area contributed by atoms with Crippen molar-refractivity contribution in [1.82, 2.24) is 4.31 Å². The van der Waals surface area contributed by atoms with Gasteiger partial charge in [0.05, 0.1) is 10.1 Å². The summed E-state index contributed by atoms with van der Waals surface area (Å²) >= 11 is 12.6. The van der Waals surface area contributed by atoms with E-state index in [0.29, 0.717) is 23.2 Å². The molecule has 0 saturated heterocycles. The van der Waals surface area contributed by atoms with Gasteiger partial charge in [-0.2, -0.15) is 4.31 Å². The second kappa shape index (κ2) is 6.21. The fourth-order valence-electron chi connectivity index (χ4n) is 1.15. The van der Waals surface area contributed by atoms with Crippen LogP contribution in [-0.4, -0.2) is 31.4 Å². The van der Waals surface area contributed by atoms with Gasteiger partial charge in [-0.05, 0) is 18.6 Å². The Labute approximate surface area is 110 Å². The molecular formula is C9H13Cl2NO2S2. The summed E-state index contributed by atoms with van der Waals surface area (Å²) in [7, 11) is -1.63. The molecule has 0 aliphatic heterocycles. The third-order valence-electron chi connectivity index (χ3n) is 2.02. The Balaban J connectivity index is 2.61. The van der Waals surface area contributed by atoms with E-state index >= 15 is 0 Å². The minimum atomic E-state index is -3.20. The molecular weight excluding hydrogens is 289 g/mol. The van der Waals surface area contributed by atoms with Crippen molar-refractivity contribution in [3.05, 3.63) is 21.3 Å². The Kier molecular flexibility index (Phi) is 5.53. The highest BCUT2D eigenvalue weighted by Gasteiger charge is 2.17. The minimum absolute atomic E-state index is 0.0894. The molecule has 92 valence electrons. The van der Waals surface area contributed by atoms with Crippen molar-refractivity contribution >= 4 is 44.6 Å². The van der Waals surface area contributed by atoms with E-state index in [0.717, 1.165) is 4.88 Å². The minimum Gasteiger partial charge on any atom is -0.212 e. The number of rotatable bonds is 6. The summed E-state index contributed by atoms with van der Waals surface area (Å²) in [5.41, 5.74) is 0. The van der Waals surface area contributed by atoms with E-state index in [1.54, 1.807) is 13.1 Å². The summed E-state index contributed by atoms with van der Waals surface area (Å²) in [5.74, 6) is 0.448. The molecule has 16 heavy (non-hydrogen) atoms. The molecule has 1 rings (SSSR count). The second-order valence-corrected chi connectivity index (χ2v) is 7.69. The molecule has 1 aromatic heterocycles. The van der Waals surface area contributed by atoms with Crippen molar-refractivity contribution in [2.75, 3.05) is 18.7 Å². The highest BCUT2D eigenvalue weighted by Crippen LogP contribution is 2.23. The Morgan fingerprint density at radius 2 is 2.12 bits per heavy atom. The smallest absolute Gasteiger partial charge is 0.212 e. The van der Waals surface area contributed by atoms with Crippen LogP contribution in [0.15, 0.2) is 12.1 Å². The number of hydrogen-bond donors (Lipinski definition) is 0. The summed E-state index contributed by atoms with van der Waals surface area (Å²) in [6.45, 7) is 0.363. The van der Waals surface area contributed by atoms with Crippen molar-refractivity contribution in [3.63, 3.8) is 0 Å². The maximum absolute atomic E-state index is 11.7. The lowest BCUT2D eigenvalue weighted by molar-refractivity contribution is 0.469. The van der Waals surface area contributed by atoms with Crippen LogP contribution in [0, 0.1) is 0 Å². The highest BCUT2D eigenvalue weighted by molar-refractivity contribution is 7.89. The van der Waals surface area contributed by atoms with Gasteiger partial charge in [0, 0.05) is 24.3 Å². The lowest BCUT2D eigenvalue weighted by Gasteiger charge is -2.15. The third kappa shape index (κ3) is 4.22. The average Bonchev–Trinajstić information content (AvgIpc) is 2.61. The van der Waals surface area contributed by atoms with Crippen LogP contribution in [-0.2, 0) is 16.6 Å². The van der Waals surface area contributed by atoms with Crippen molar-refractivity contribution in [2.45, 2.75) is 13.0 Å². The molecule has 0 spiro atoms. The molecule has 0 amide bonds. The molecule has 0 aliphatic rings. The lowest BCUT2D eigenvalue weighted by Crippen LogP contribution is -2.28. The Morgan fingerprint density at radius 3 is 2.62 bits per heavy atom. The van der Waals surface area contributed by atoms with Crippen LogP contribution in [0.3, 0.4) is 0 Å². The van der Waals surface area contributed by atoms with Crippen molar-refractivity contribution in [1.29, 1.82) is 0 Å². The van der Waals surface area contributed by atoms with Crippen LogP contribution in [0.4, 0.5) is 0 Å². The number of nitrogens with zero attached hydrogens (tertiary/aromatic N) is 1. The van der Waals surface area contributed by atoms with E-state index in [-0.39, 0.29) is 5.75 Å². The van der Waals surface area contributed by atoms with Gasteiger partial charge in [0.15, 0.2) is 0 Å². The molecule has 1 aromatic rings. The molecule has 0 N–H and O–H groups in total. The summed E-state index contributed by atoms with van der Waals surface area (Å²) in [5, 5.41) is 0. The molecule has 0 fully saturated rings. The van der Waals surface area contributed by atoms with Crippen molar-refractivity contribution in [2.24, 2.45) is 0 Å². The van der Waals surface area contributed by atoms with Crippen LogP contribution in [0.5, 0.6) is 0 Å². The zero-order valence-corrected chi connectivity index (χ0v) is 12.0. The van der Waals surface area contributed by atoms with E-state index in [2.05, 4.69) is 0 Å². The summed E-state index contributed by atoms with van der Waals surface area (Å²) in [4.78, 5) is 0.932. The zero-order valence-electron chi connectivity index (χ0n) is 8.82. The maximum atomic E-state index is 11.7. The van der Waals surface area contributed by atoms with Gasteiger partial charge in [0.2, 0.25) is 10.0 Å². The largest absolute Gasteiger partial charge is 0.214 e. The van der Waals surface area contributed by atoms with Gasteiger partial charge in [-0.3, -0.25) is 0 Å². The first-order chi connectivity index (χ1) is 7.45. The normalized spacial score (nSPS) is 12.2. The second-order valence-electron chi connectivity index (χ2n) is 3.32. The number of sulfonamides is 1. The number of halogens is 2. The molecule has 0 atom stereocenters. The lowest BCUT2D eigenvalue weighted by atomic mass is 10.5. The number of hydrogen-bond acceptors (Lipinski definition) is 3. The third-order valence-corrected chi connectivity index (χ3v) is 5.38. The maximum Gasteiger partial charge on any atom is 0.214 e. The molecule has 0 aliphatic carbocycles. The van der Waals surface area contributed by atoms with E-state index in [4.69, 9.17) is 23.2 Å². The first-order valence-corrected chi connectivity index (χ1v) is 8.03. The predicted molar refractivity (Wildman–Crippen MR) is 69.9 cm³/mol. The van der Waals surface area contributed by atoms with Gasteiger partial charge >= 0.3 is 0 Å².